The monoisotopic (exact) mass is 532 g/mol. The lowest BCUT2D eigenvalue weighted by atomic mass is 9.79. The first kappa shape index (κ1) is 28.7. The molecule has 214 valence electrons. The van der Waals surface area contributed by atoms with Crippen molar-refractivity contribution >= 4 is 17.8 Å². The van der Waals surface area contributed by atoms with Crippen LogP contribution in [0.3, 0.4) is 0 Å². The zero-order valence-electron chi connectivity index (χ0n) is 24.2. The summed E-state index contributed by atoms with van der Waals surface area (Å²) in [6.07, 6.45) is 5.69. The molecule has 9 heteroatoms. The Morgan fingerprint density at radius 3 is 2.34 bits per heavy atom. The number of hydrogen-bond acceptors (Lipinski definition) is 7. The molecule has 38 heavy (non-hydrogen) atoms. The van der Waals surface area contributed by atoms with Crippen molar-refractivity contribution < 1.29 is 24.0 Å². The van der Waals surface area contributed by atoms with Crippen molar-refractivity contribution in [3.63, 3.8) is 0 Å². The van der Waals surface area contributed by atoms with Gasteiger partial charge in [-0.05, 0) is 84.5 Å². The van der Waals surface area contributed by atoms with Crippen molar-refractivity contribution in [2.24, 2.45) is 11.8 Å². The van der Waals surface area contributed by atoms with Crippen molar-refractivity contribution in [3.05, 3.63) is 11.8 Å². The van der Waals surface area contributed by atoms with E-state index >= 15 is 0 Å². The van der Waals surface area contributed by atoms with E-state index in [4.69, 9.17) is 9.26 Å². The first-order valence-corrected chi connectivity index (χ1v) is 14.6. The number of aromatic nitrogens is 1. The Hall–Kier alpha value is -2.29. The van der Waals surface area contributed by atoms with Crippen LogP contribution in [0, 0.1) is 11.8 Å². The Morgan fingerprint density at radius 1 is 1.13 bits per heavy atom. The molecule has 0 spiro atoms. The first-order chi connectivity index (χ1) is 17.8. The molecule has 0 aliphatic carbocycles. The van der Waals surface area contributed by atoms with Gasteiger partial charge in [0, 0.05) is 44.8 Å². The van der Waals surface area contributed by atoms with E-state index in [0.717, 1.165) is 57.6 Å². The quantitative estimate of drug-likeness (QED) is 0.562. The van der Waals surface area contributed by atoms with E-state index in [2.05, 4.69) is 30.8 Å². The fraction of sp³-hybridized carbons (Fsp3) is 0.828. The van der Waals surface area contributed by atoms with Gasteiger partial charge in [0.05, 0.1) is 5.60 Å². The van der Waals surface area contributed by atoms with Gasteiger partial charge >= 0.3 is 6.09 Å². The summed E-state index contributed by atoms with van der Waals surface area (Å²) in [6, 6.07) is 2.24. The Morgan fingerprint density at radius 2 is 1.79 bits per heavy atom. The van der Waals surface area contributed by atoms with Crippen molar-refractivity contribution in [1.29, 1.82) is 0 Å². The minimum Gasteiger partial charge on any atom is -0.444 e. The number of likely N-dealkylation sites (tertiary alicyclic amines) is 2. The molecule has 3 saturated heterocycles. The molecular formula is C29H48N4O5. The van der Waals surface area contributed by atoms with E-state index in [9.17, 15) is 14.7 Å². The normalized spacial score (nSPS) is 23.7. The molecule has 2 atom stereocenters. The molecule has 0 aromatic carbocycles. The summed E-state index contributed by atoms with van der Waals surface area (Å²) in [6.45, 7) is 15.4. The number of piperidine rings is 2. The molecule has 2 unspecified atom stereocenters. The van der Waals surface area contributed by atoms with Crippen LogP contribution in [-0.2, 0) is 9.53 Å². The minimum absolute atomic E-state index is 0.129. The van der Waals surface area contributed by atoms with E-state index < -0.39 is 11.2 Å². The number of aliphatic hydroxyl groups is 1. The van der Waals surface area contributed by atoms with Crippen LogP contribution in [0.15, 0.2) is 10.6 Å². The van der Waals surface area contributed by atoms with Crippen LogP contribution in [0.25, 0.3) is 0 Å². The first-order valence-electron chi connectivity index (χ1n) is 14.6. The zero-order valence-corrected chi connectivity index (χ0v) is 24.2. The van der Waals surface area contributed by atoms with E-state index in [1.165, 1.54) is 0 Å². The van der Waals surface area contributed by atoms with Gasteiger partial charge in [-0.25, -0.2) is 4.79 Å². The molecule has 0 radical (unpaired) electrons. The van der Waals surface area contributed by atoms with E-state index in [1.807, 2.05) is 31.7 Å². The fourth-order valence-electron chi connectivity index (χ4n) is 6.29. The molecule has 4 rings (SSSR count). The largest absolute Gasteiger partial charge is 0.444 e. The third-order valence-corrected chi connectivity index (χ3v) is 8.54. The molecule has 3 fully saturated rings. The number of rotatable bonds is 6. The van der Waals surface area contributed by atoms with Gasteiger partial charge in [0.1, 0.15) is 11.5 Å². The third-order valence-electron chi connectivity index (χ3n) is 8.54. The minimum atomic E-state index is -0.732. The van der Waals surface area contributed by atoms with Crippen molar-refractivity contribution in [1.82, 2.24) is 15.0 Å². The summed E-state index contributed by atoms with van der Waals surface area (Å²) in [7, 11) is 0. The second-order valence-electron chi connectivity index (χ2n) is 13.2. The molecule has 4 heterocycles. The van der Waals surface area contributed by atoms with Crippen LogP contribution in [0.4, 0.5) is 10.6 Å². The molecule has 1 aromatic heterocycles. The summed E-state index contributed by atoms with van der Waals surface area (Å²) in [4.78, 5) is 31.7. The smallest absolute Gasteiger partial charge is 0.410 e. The van der Waals surface area contributed by atoms with Crippen LogP contribution >= 0.6 is 0 Å². The molecular weight excluding hydrogens is 484 g/mol. The van der Waals surface area contributed by atoms with Gasteiger partial charge in [0.15, 0.2) is 11.6 Å². The van der Waals surface area contributed by atoms with Crippen LogP contribution in [0.1, 0.15) is 98.2 Å². The number of carbonyl (C=O) groups excluding carboxylic acids is 2. The Balaban J connectivity index is 1.28. The van der Waals surface area contributed by atoms with Gasteiger partial charge in [-0.3, -0.25) is 4.79 Å². The number of anilines is 1. The van der Waals surface area contributed by atoms with Crippen LogP contribution in [0.2, 0.25) is 0 Å². The zero-order chi connectivity index (χ0) is 27.7. The average molecular weight is 533 g/mol. The Labute approximate surface area is 227 Å². The molecule has 3 aliphatic rings. The maximum atomic E-state index is 13.3. The van der Waals surface area contributed by atoms with Crippen molar-refractivity contribution in [2.75, 3.05) is 37.6 Å². The molecule has 1 aromatic rings. The van der Waals surface area contributed by atoms with Gasteiger partial charge in [-0.2, -0.15) is 0 Å². The highest BCUT2D eigenvalue weighted by Crippen LogP contribution is 2.36. The third kappa shape index (κ3) is 6.82. The van der Waals surface area contributed by atoms with Crippen LogP contribution < -0.4 is 4.90 Å². The highest BCUT2D eigenvalue weighted by molar-refractivity contribution is 5.84. The van der Waals surface area contributed by atoms with Gasteiger partial charge in [-0.1, -0.05) is 19.0 Å². The molecule has 0 saturated carbocycles. The number of carbonyl (C=O) groups is 2. The number of ether oxygens (including phenoxy) is 1. The average Bonchev–Trinajstić information content (AvgIpc) is 3.48. The highest BCUT2D eigenvalue weighted by Gasteiger charge is 2.39. The second-order valence-corrected chi connectivity index (χ2v) is 13.2. The number of nitrogens with zero attached hydrogens (tertiary/aromatic N) is 4. The van der Waals surface area contributed by atoms with E-state index in [0.29, 0.717) is 37.6 Å². The standard InChI is InChI=1S/C29H48N4O5/c1-20(2)25(26(34)33-13-7-8-21(33)3)23-18-24(30-38-23)31-14-9-22(10-15-31)19-29(36)11-16-32(17-12-29)27(35)37-28(4,5)6/h18,20-22,25,36H,7-17,19H2,1-6H3. The van der Waals surface area contributed by atoms with Gasteiger partial charge < -0.3 is 29.1 Å². The van der Waals surface area contributed by atoms with E-state index in [1.54, 1.807) is 4.90 Å². The Bertz CT molecular complexity index is 954. The summed E-state index contributed by atoms with van der Waals surface area (Å²) >= 11 is 0. The van der Waals surface area contributed by atoms with Crippen molar-refractivity contribution in [2.45, 2.75) is 110 Å². The maximum Gasteiger partial charge on any atom is 0.410 e. The lowest BCUT2D eigenvalue weighted by molar-refractivity contribution is -0.134. The summed E-state index contributed by atoms with van der Waals surface area (Å²) in [5, 5.41) is 15.6. The van der Waals surface area contributed by atoms with Gasteiger partial charge in [0.25, 0.3) is 0 Å². The Kier molecular flexibility index (Phi) is 8.65. The SMILES string of the molecule is CC(C)C(C(=O)N1CCCC1C)c1cc(N2CCC(CC3(O)CCN(C(=O)OC(C)(C)C)CC3)CC2)no1. The maximum absolute atomic E-state index is 13.3. The second kappa shape index (κ2) is 11.4. The lowest BCUT2D eigenvalue weighted by Crippen LogP contribution is -2.49. The summed E-state index contributed by atoms with van der Waals surface area (Å²) in [5.74, 6) is 1.86. The molecule has 9 nitrogen and oxygen atoms in total. The van der Waals surface area contributed by atoms with Gasteiger partial charge in [0.2, 0.25) is 5.91 Å². The molecule has 0 bridgehead atoms. The molecule has 2 amide bonds. The number of hydrogen-bond donors (Lipinski definition) is 1. The lowest BCUT2D eigenvalue weighted by Gasteiger charge is -2.41. The van der Waals surface area contributed by atoms with Crippen molar-refractivity contribution in [3.8, 4) is 0 Å². The molecule has 1 N–H and O–H groups in total. The molecule has 3 aliphatic heterocycles. The summed E-state index contributed by atoms with van der Waals surface area (Å²) in [5.41, 5.74) is -1.24. The predicted octanol–water partition coefficient (Wildman–Crippen LogP) is 4.79. The van der Waals surface area contributed by atoms with Gasteiger partial charge in [-0.15, -0.1) is 0 Å². The topological polar surface area (TPSA) is 99.4 Å². The summed E-state index contributed by atoms with van der Waals surface area (Å²) < 4.78 is 11.2. The van der Waals surface area contributed by atoms with Crippen LogP contribution in [0.5, 0.6) is 0 Å². The van der Waals surface area contributed by atoms with Crippen LogP contribution in [-0.4, -0.2) is 82.0 Å². The fourth-order valence-corrected chi connectivity index (χ4v) is 6.29. The number of amides is 2. The van der Waals surface area contributed by atoms with E-state index in [-0.39, 0.29) is 29.9 Å². The highest BCUT2D eigenvalue weighted by atomic mass is 16.6. The predicted molar refractivity (Wildman–Crippen MR) is 146 cm³/mol.